The van der Waals surface area contributed by atoms with Gasteiger partial charge in [-0.15, -0.1) is 0 Å². The molecule has 3 heterocycles. The number of alkyl halides is 1. The summed E-state index contributed by atoms with van der Waals surface area (Å²) in [4.78, 5) is 9.95. The van der Waals surface area contributed by atoms with Gasteiger partial charge in [-0.3, -0.25) is 4.98 Å². The van der Waals surface area contributed by atoms with E-state index in [4.69, 9.17) is 9.97 Å². The summed E-state index contributed by atoms with van der Waals surface area (Å²) in [6, 6.07) is 6.29. The molecule has 0 unspecified atom stereocenters. The van der Waals surface area contributed by atoms with Crippen molar-refractivity contribution in [2.75, 3.05) is 6.67 Å². The summed E-state index contributed by atoms with van der Waals surface area (Å²) in [5.41, 5.74) is 8.58. The van der Waals surface area contributed by atoms with Gasteiger partial charge in [-0.2, -0.15) is 0 Å². The first-order valence-corrected chi connectivity index (χ1v) is 9.98. The zero-order chi connectivity index (χ0) is 19.7. The number of hydrogen-bond donors (Lipinski definition) is 0. The molecule has 0 N–H and O–H groups in total. The van der Waals surface area contributed by atoms with Crippen molar-refractivity contribution in [3.8, 4) is 11.3 Å². The molecule has 27 heavy (non-hydrogen) atoms. The summed E-state index contributed by atoms with van der Waals surface area (Å²) >= 11 is 0. The van der Waals surface area contributed by atoms with Gasteiger partial charge in [0.15, 0.2) is 0 Å². The number of hydrogen-bond acceptors (Lipinski definition) is 2. The average Bonchev–Trinajstić information content (AvgIpc) is 3.01. The Labute approximate surface area is 161 Å². The normalized spacial score (nSPS) is 12.9. The van der Waals surface area contributed by atoms with E-state index < -0.39 is 0 Å². The smallest absolute Gasteiger partial charge is 0.110 e. The molecular formula is C23H30FN3. The van der Waals surface area contributed by atoms with Crippen LogP contribution in [-0.2, 0) is 12.8 Å². The predicted molar refractivity (Wildman–Crippen MR) is 111 cm³/mol. The summed E-state index contributed by atoms with van der Waals surface area (Å²) in [6.07, 6.45) is 3.77. The SMILES string of the molecule is CCc1cc2c(nc1-c1ccc(C(C)C)nc1CC)c(C)cn2[C@@H](C)CF. The van der Waals surface area contributed by atoms with Crippen molar-refractivity contribution in [3.05, 3.63) is 46.9 Å². The van der Waals surface area contributed by atoms with E-state index in [0.29, 0.717) is 5.92 Å². The van der Waals surface area contributed by atoms with E-state index in [0.717, 1.165) is 52.1 Å². The zero-order valence-corrected chi connectivity index (χ0v) is 17.3. The van der Waals surface area contributed by atoms with Crippen LogP contribution in [0.1, 0.15) is 69.1 Å². The van der Waals surface area contributed by atoms with E-state index in [1.54, 1.807) is 0 Å². The Hall–Kier alpha value is -2.23. The lowest BCUT2D eigenvalue weighted by atomic mass is 9.98. The number of nitrogens with zero attached hydrogens (tertiary/aromatic N) is 3. The molecular weight excluding hydrogens is 337 g/mol. The van der Waals surface area contributed by atoms with Crippen molar-refractivity contribution in [2.24, 2.45) is 0 Å². The monoisotopic (exact) mass is 367 g/mol. The van der Waals surface area contributed by atoms with Gasteiger partial charge in [0.2, 0.25) is 0 Å². The maximum Gasteiger partial charge on any atom is 0.110 e. The molecule has 0 aliphatic rings. The van der Waals surface area contributed by atoms with Crippen molar-refractivity contribution in [1.82, 2.24) is 14.5 Å². The van der Waals surface area contributed by atoms with Gasteiger partial charge in [-0.1, -0.05) is 27.7 Å². The molecule has 4 heteroatoms. The summed E-state index contributed by atoms with van der Waals surface area (Å²) in [6.45, 7) is 12.2. The van der Waals surface area contributed by atoms with Crippen LogP contribution in [-0.4, -0.2) is 21.2 Å². The maximum absolute atomic E-state index is 13.3. The number of aromatic nitrogens is 3. The fourth-order valence-electron chi connectivity index (χ4n) is 3.64. The summed E-state index contributed by atoms with van der Waals surface area (Å²) in [7, 11) is 0. The Balaban J connectivity index is 2.25. The number of aryl methyl sites for hydroxylation is 3. The molecule has 3 nitrogen and oxygen atoms in total. The molecule has 0 aliphatic heterocycles. The molecule has 0 aromatic carbocycles. The molecule has 1 atom stereocenters. The minimum absolute atomic E-state index is 0.184. The topological polar surface area (TPSA) is 30.7 Å². The molecule has 0 saturated heterocycles. The van der Waals surface area contributed by atoms with Gasteiger partial charge in [0.05, 0.1) is 22.8 Å². The number of halogens is 1. The Kier molecular flexibility index (Phi) is 5.64. The maximum atomic E-state index is 13.3. The number of rotatable bonds is 6. The van der Waals surface area contributed by atoms with Crippen LogP contribution in [0, 0.1) is 6.92 Å². The second-order valence-electron chi connectivity index (χ2n) is 7.68. The van der Waals surface area contributed by atoms with Gasteiger partial charge in [-0.25, -0.2) is 9.37 Å². The van der Waals surface area contributed by atoms with Crippen LogP contribution in [0.3, 0.4) is 0 Å². The molecule has 0 spiro atoms. The van der Waals surface area contributed by atoms with E-state index in [2.05, 4.69) is 45.9 Å². The van der Waals surface area contributed by atoms with Crippen LogP contribution in [0.5, 0.6) is 0 Å². The Morgan fingerprint density at radius 2 is 1.81 bits per heavy atom. The molecule has 0 radical (unpaired) electrons. The van der Waals surface area contributed by atoms with Gasteiger partial charge < -0.3 is 4.57 Å². The molecule has 0 bridgehead atoms. The van der Waals surface area contributed by atoms with Gasteiger partial charge >= 0.3 is 0 Å². The molecule has 3 aromatic rings. The summed E-state index contributed by atoms with van der Waals surface area (Å²) in [5, 5.41) is 0. The van der Waals surface area contributed by atoms with Gasteiger partial charge in [0.25, 0.3) is 0 Å². The molecule has 0 amide bonds. The molecule has 0 saturated carbocycles. The lowest BCUT2D eigenvalue weighted by Crippen LogP contribution is -2.06. The van der Waals surface area contributed by atoms with Crippen molar-refractivity contribution < 1.29 is 4.39 Å². The second-order valence-corrected chi connectivity index (χ2v) is 7.68. The van der Waals surface area contributed by atoms with Crippen molar-refractivity contribution in [3.63, 3.8) is 0 Å². The van der Waals surface area contributed by atoms with Crippen molar-refractivity contribution in [1.29, 1.82) is 0 Å². The third-order valence-electron chi connectivity index (χ3n) is 5.32. The van der Waals surface area contributed by atoms with E-state index >= 15 is 0 Å². The van der Waals surface area contributed by atoms with Crippen LogP contribution in [0.4, 0.5) is 4.39 Å². The highest BCUT2D eigenvalue weighted by molar-refractivity contribution is 5.84. The lowest BCUT2D eigenvalue weighted by Gasteiger charge is -2.16. The standard InChI is InChI=1S/C23H30FN3/c1-7-17-11-21-22(15(5)13-27(21)16(6)12-24)26-23(17)18-9-10-20(14(3)4)25-19(18)8-2/h9-11,13-14,16H,7-8,12H2,1-6H3/t16-/m0/s1. The minimum atomic E-state index is -0.382. The molecule has 0 aliphatic carbocycles. The summed E-state index contributed by atoms with van der Waals surface area (Å²) < 4.78 is 15.3. The van der Waals surface area contributed by atoms with E-state index in [-0.39, 0.29) is 12.7 Å². The van der Waals surface area contributed by atoms with Crippen molar-refractivity contribution >= 4 is 11.0 Å². The van der Waals surface area contributed by atoms with Crippen LogP contribution < -0.4 is 0 Å². The fourth-order valence-corrected chi connectivity index (χ4v) is 3.64. The second kappa shape index (κ2) is 7.79. The van der Waals surface area contributed by atoms with E-state index in [1.807, 2.05) is 24.6 Å². The largest absolute Gasteiger partial charge is 0.340 e. The summed E-state index contributed by atoms with van der Waals surface area (Å²) in [5.74, 6) is 0.406. The van der Waals surface area contributed by atoms with Crippen LogP contribution >= 0.6 is 0 Å². The Morgan fingerprint density at radius 3 is 2.41 bits per heavy atom. The minimum Gasteiger partial charge on any atom is -0.340 e. The quantitative estimate of drug-likeness (QED) is 0.520. The van der Waals surface area contributed by atoms with Gasteiger partial charge in [-0.05, 0) is 61.9 Å². The van der Waals surface area contributed by atoms with Gasteiger partial charge in [0, 0.05) is 23.1 Å². The first-order chi connectivity index (χ1) is 12.9. The highest BCUT2D eigenvalue weighted by Gasteiger charge is 2.18. The highest BCUT2D eigenvalue weighted by Crippen LogP contribution is 2.32. The molecule has 144 valence electrons. The highest BCUT2D eigenvalue weighted by atomic mass is 19.1. The first-order valence-electron chi connectivity index (χ1n) is 9.98. The van der Waals surface area contributed by atoms with Crippen molar-refractivity contribution in [2.45, 2.75) is 66.3 Å². The first kappa shape index (κ1) is 19.5. The fraction of sp³-hybridized carbons (Fsp3) is 0.478. The van der Waals surface area contributed by atoms with E-state index in [1.165, 1.54) is 5.56 Å². The Morgan fingerprint density at radius 1 is 1.07 bits per heavy atom. The van der Waals surface area contributed by atoms with Crippen LogP contribution in [0.2, 0.25) is 0 Å². The number of pyridine rings is 2. The third kappa shape index (κ3) is 3.50. The molecule has 0 fully saturated rings. The predicted octanol–water partition coefficient (Wildman–Crippen LogP) is 6.19. The third-order valence-corrected chi connectivity index (χ3v) is 5.32. The number of fused-ring (bicyclic) bond motifs is 1. The van der Waals surface area contributed by atoms with Crippen LogP contribution in [0.15, 0.2) is 24.4 Å². The lowest BCUT2D eigenvalue weighted by molar-refractivity contribution is 0.383. The average molecular weight is 368 g/mol. The van der Waals surface area contributed by atoms with Gasteiger partial charge in [0.1, 0.15) is 6.67 Å². The Bertz CT molecular complexity index is 956. The zero-order valence-electron chi connectivity index (χ0n) is 17.3. The molecule has 3 rings (SSSR count). The van der Waals surface area contributed by atoms with Crippen LogP contribution in [0.25, 0.3) is 22.3 Å². The molecule has 3 aromatic heterocycles. The van der Waals surface area contributed by atoms with E-state index in [9.17, 15) is 4.39 Å².